The lowest BCUT2D eigenvalue weighted by Gasteiger charge is -2.32. The second kappa shape index (κ2) is 10.6. The van der Waals surface area contributed by atoms with Crippen LogP contribution in [0.25, 0.3) is 0 Å². The van der Waals surface area contributed by atoms with Crippen LogP contribution in [0.5, 0.6) is 0 Å². The molecule has 0 radical (unpaired) electrons. The first-order valence-electron chi connectivity index (χ1n) is 11.4. The number of benzene rings is 3. The third-order valence-electron chi connectivity index (χ3n) is 5.86. The highest BCUT2D eigenvalue weighted by Crippen LogP contribution is 2.19. The fourth-order valence-corrected chi connectivity index (χ4v) is 4.95. The normalized spacial score (nSPS) is 14.3. The number of piperidine rings is 1. The van der Waals surface area contributed by atoms with Gasteiger partial charge in [0.1, 0.15) is 0 Å². The molecule has 0 aliphatic carbocycles. The Morgan fingerprint density at radius 1 is 0.829 bits per heavy atom. The van der Waals surface area contributed by atoms with Gasteiger partial charge >= 0.3 is 6.03 Å². The lowest BCUT2D eigenvalue weighted by molar-refractivity contribution is 0.0708. The van der Waals surface area contributed by atoms with Gasteiger partial charge in [0.25, 0.3) is 15.9 Å². The Morgan fingerprint density at radius 3 is 2.09 bits per heavy atom. The minimum atomic E-state index is -3.76. The van der Waals surface area contributed by atoms with E-state index in [0.717, 1.165) is 11.3 Å². The van der Waals surface area contributed by atoms with Crippen molar-refractivity contribution in [2.24, 2.45) is 0 Å². The largest absolute Gasteiger partial charge is 0.338 e. The quantitative estimate of drug-likeness (QED) is 0.479. The highest BCUT2D eigenvalue weighted by Gasteiger charge is 2.25. The molecule has 182 valence electrons. The SMILES string of the molecule is Cc1ccc(NS(=O)(=O)c2ccc(C(=O)N3CCC(NC(=O)Nc4ccccc4)CC3)cc2)cc1. The summed E-state index contributed by atoms with van der Waals surface area (Å²) in [7, 11) is -3.76. The van der Waals surface area contributed by atoms with Crippen molar-refractivity contribution in [1.82, 2.24) is 10.2 Å². The van der Waals surface area contributed by atoms with Crippen LogP contribution in [0.1, 0.15) is 28.8 Å². The first-order valence-corrected chi connectivity index (χ1v) is 12.9. The summed E-state index contributed by atoms with van der Waals surface area (Å²) >= 11 is 0. The summed E-state index contributed by atoms with van der Waals surface area (Å²) in [5, 5.41) is 5.75. The molecule has 3 aromatic rings. The summed E-state index contributed by atoms with van der Waals surface area (Å²) in [6.45, 7) is 2.93. The molecule has 35 heavy (non-hydrogen) atoms. The summed E-state index contributed by atoms with van der Waals surface area (Å²) in [5.74, 6) is -0.160. The molecule has 1 saturated heterocycles. The first-order chi connectivity index (χ1) is 16.8. The molecule has 0 bridgehead atoms. The molecule has 9 heteroatoms. The molecule has 3 aromatic carbocycles. The van der Waals surface area contributed by atoms with Crippen molar-refractivity contribution >= 4 is 33.3 Å². The monoisotopic (exact) mass is 492 g/mol. The Kier molecular flexibility index (Phi) is 7.36. The van der Waals surface area contributed by atoms with E-state index in [0.29, 0.717) is 37.2 Å². The number of hydrogen-bond donors (Lipinski definition) is 3. The van der Waals surface area contributed by atoms with E-state index in [-0.39, 0.29) is 22.9 Å². The topological polar surface area (TPSA) is 108 Å². The lowest BCUT2D eigenvalue weighted by atomic mass is 10.0. The second-order valence-electron chi connectivity index (χ2n) is 8.53. The minimum Gasteiger partial charge on any atom is -0.338 e. The molecule has 1 fully saturated rings. The molecule has 3 N–H and O–H groups in total. The highest BCUT2D eigenvalue weighted by atomic mass is 32.2. The third kappa shape index (κ3) is 6.39. The Labute approximate surface area is 205 Å². The number of para-hydroxylation sites is 1. The predicted molar refractivity (Wildman–Crippen MR) is 136 cm³/mol. The number of aryl methyl sites for hydroxylation is 1. The highest BCUT2D eigenvalue weighted by molar-refractivity contribution is 7.92. The molecule has 1 heterocycles. The molecule has 8 nitrogen and oxygen atoms in total. The van der Waals surface area contributed by atoms with Gasteiger partial charge in [-0.3, -0.25) is 9.52 Å². The van der Waals surface area contributed by atoms with Crippen LogP contribution < -0.4 is 15.4 Å². The van der Waals surface area contributed by atoms with Crippen molar-refractivity contribution in [3.63, 3.8) is 0 Å². The summed E-state index contributed by atoms with van der Waals surface area (Å²) in [6, 6.07) is 21.9. The second-order valence-corrected chi connectivity index (χ2v) is 10.2. The van der Waals surface area contributed by atoms with Gasteiger partial charge in [-0.2, -0.15) is 0 Å². The number of anilines is 2. The number of likely N-dealkylation sites (tertiary alicyclic amines) is 1. The smallest absolute Gasteiger partial charge is 0.319 e. The number of urea groups is 1. The zero-order valence-electron chi connectivity index (χ0n) is 19.4. The Bertz CT molecular complexity index is 1270. The van der Waals surface area contributed by atoms with E-state index in [2.05, 4.69) is 15.4 Å². The third-order valence-corrected chi connectivity index (χ3v) is 7.26. The van der Waals surface area contributed by atoms with Crippen molar-refractivity contribution in [2.45, 2.75) is 30.7 Å². The zero-order chi connectivity index (χ0) is 24.8. The van der Waals surface area contributed by atoms with Crippen LogP contribution in [0.2, 0.25) is 0 Å². The average molecular weight is 493 g/mol. The molecule has 0 atom stereocenters. The number of amides is 3. The van der Waals surface area contributed by atoms with E-state index in [1.807, 2.05) is 49.4 Å². The molecular weight excluding hydrogens is 464 g/mol. The van der Waals surface area contributed by atoms with Gasteiger partial charge in [0.15, 0.2) is 0 Å². The maximum absolute atomic E-state index is 12.9. The number of sulfonamides is 1. The maximum Gasteiger partial charge on any atom is 0.319 e. The number of rotatable bonds is 6. The maximum atomic E-state index is 12.9. The lowest BCUT2D eigenvalue weighted by Crippen LogP contribution is -2.47. The number of nitrogens with one attached hydrogen (secondary N) is 3. The molecule has 0 aromatic heterocycles. The van der Waals surface area contributed by atoms with Gasteiger partial charge in [-0.25, -0.2) is 13.2 Å². The van der Waals surface area contributed by atoms with Gasteiger partial charge in [-0.15, -0.1) is 0 Å². The van der Waals surface area contributed by atoms with Gasteiger partial charge in [-0.05, 0) is 68.3 Å². The Hall–Kier alpha value is -3.85. The van der Waals surface area contributed by atoms with Gasteiger partial charge in [0.2, 0.25) is 0 Å². The fraction of sp³-hybridized carbons (Fsp3) is 0.231. The molecule has 1 aliphatic rings. The Morgan fingerprint density at radius 2 is 1.46 bits per heavy atom. The molecule has 1 aliphatic heterocycles. The van der Waals surface area contributed by atoms with Gasteiger partial charge in [0, 0.05) is 36.1 Å². The van der Waals surface area contributed by atoms with Gasteiger partial charge < -0.3 is 15.5 Å². The van der Waals surface area contributed by atoms with Crippen molar-refractivity contribution in [1.29, 1.82) is 0 Å². The van der Waals surface area contributed by atoms with Crippen molar-refractivity contribution in [3.8, 4) is 0 Å². The van der Waals surface area contributed by atoms with E-state index in [4.69, 9.17) is 0 Å². The van der Waals surface area contributed by atoms with E-state index >= 15 is 0 Å². The van der Waals surface area contributed by atoms with E-state index < -0.39 is 10.0 Å². The summed E-state index contributed by atoms with van der Waals surface area (Å²) < 4.78 is 27.9. The van der Waals surface area contributed by atoms with Crippen molar-refractivity contribution in [2.75, 3.05) is 23.1 Å². The van der Waals surface area contributed by atoms with Gasteiger partial charge in [-0.1, -0.05) is 35.9 Å². The Balaban J connectivity index is 1.30. The fourth-order valence-electron chi connectivity index (χ4n) is 3.90. The molecular formula is C26H28N4O4S. The number of hydrogen-bond acceptors (Lipinski definition) is 4. The number of carbonyl (C=O) groups excluding carboxylic acids is 2. The summed E-state index contributed by atoms with van der Waals surface area (Å²) in [4.78, 5) is 26.9. The molecule has 3 amide bonds. The van der Waals surface area contributed by atoms with Crippen LogP contribution in [-0.2, 0) is 10.0 Å². The number of nitrogens with zero attached hydrogens (tertiary/aromatic N) is 1. The first kappa shape index (κ1) is 24.3. The van der Waals surface area contributed by atoms with Gasteiger partial charge in [0.05, 0.1) is 4.90 Å². The van der Waals surface area contributed by atoms with Crippen LogP contribution in [-0.4, -0.2) is 44.4 Å². The van der Waals surface area contributed by atoms with E-state index in [9.17, 15) is 18.0 Å². The molecule has 0 saturated carbocycles. The minimum absolute atomic E-state index is 0.0249. The average Bonchev–Trinajstić information content (AvgIpc) is 2.86. The molecule has 0 unspecified atom stereocenters. The summed E-state index contributed by atoms with van der Waals surface area (Å²) in [6.07, 6.45) is 1.28. The van der Waals surface area contributed by atoms with Crippen LogP contribution in [0.4, 0.5) is 16.2 Å². The molecule has 4 rings (SSSR count). The van der Waals surface area contributed by atoms with Crippen LogP contribution in [0.15, 0.2) is 83.8 Å². The van der Waals surface area contributed by atoms with Crippen LogP contribution in [0.3, 0.4) is 0 Å². The van der Waals surface area contributed by atoms with Crippen LogP contribution in [0, 0.1) is 6.92 Å². The summed E-state index contributed by atoms with van der Waals surface area (Å²) in [5.41, 5.74) is 2.65. The van der Waals surface area contributed by atoms with Crippen molar-refractivity contribution in [3.05, 3.63) is 90.0 Å². The van der Waals surface area contributed by atoms with Crippen molar-refractivity contribution < 1.29 is 18.0 Å². The predicted octanol–water partition coefficient (Wildman–Crippen LogP) is 4.22. The standard InChI is InChI=1S/C26H28N4O4S/c1-19-7-11-23(12-8-19)29-35(33,34)24-13-9-20(10-14-24)25(31)30-17-15-22(16-18-30)28-26(32)27-21-5-3-2-4-6-21/h2-14,22,29H,15-18H2,1H3,(H2,27,28,32). The zero-order valence-corrected chi connectivity index (χ0v) is 20.2. The molecule has 0 spiro atoms. The van der Waals surface area contributed by atoms with E-state index in [1.165, 1.54) is 24.3 Å². The number of carbonyl (C=O) groups is 2. The van der Waals surface area contributed by atoms with E-state index in [1.54, 1.807) is 17.0 Å². The van der Waals surface area contributed by atoms with Crippen LogP contribution >= 0.6 is 0 Å².